The van der Waals surface area contributed by atoms with Crippen LogP contribution in [0, 0.1) is 6.92 Å². The fourth-order valence-electron chi connectivity index (χ4n) is 5.73. The van der Waals surface area contributed by atoms with E-state index in [0.29, 0.717) is 37.3 Å². The maximum absolute atomic E-state index is 13.8. The van der Waals surface area contributed by atoms with Gasteiger partial charge in [-0.25, -0.2) is 0 Å². The number of rotatable bonds is 6. The van der Waals surface area contributed by atoms with Gasteiger partial charge in [0.05, 0.1) is 28.7 Å². The maximum atomic E-state index is 13.8. The standard InChI is InChI=1S/C28H37N7O3/c1-18-11-25-23(26-24(27(36)32-25)15-31-35(26)21-5-9-38-10-6-21)12-22(18)28(37)34-8-7-33(19(2)16-34)17-20(13-29-3)14-30-4/h11-15,19,21,29H,5-10,16-17H2,1-4H3,(H,32,36)/b20-13+,30-14?/t19-/m0/s1. The number of H-pyrrole nitrogens is 1. The van der Waals surface area contributed by atoms with E-state index in [9.17, 15) is 9.59 Å². The zero-order valence-electron chi connectivity index (χ0n) is 22.7. The van der Waals surface area contributed by atoms with Crippen molar-refractivity contribution in [3.05, 3.63) is 51.6 Å². The van der Waals surface area contributed by atoms with Gasteiger partial charge < -0.3 is 19.9 Å². The third-order valence-corrected chi connectivity index (χ3v) is 7.74. The van der Waals surface area contributed by atoms with Crippen molar-refractivity contribution >= 4 is 33.9 Å². The number of nitrogens with zero attached hydrogens (tertiary/aromatic N) is 5. The predicted octanol–water partition coefficient (Wildman–Crippen LogP) is 2.49. The highest BCUT2D eigenvalue weighted by Gasteiger charge is 2.29. The minimum atomic E-state index is -0.158. The summed E-state index contributed by atoms with van der Waals surface area (Å²) < 4.78 is 7.51. The molecular formula is C28H37N7O3. The topological polar surface area (TPSA) is 108 Å². The fraction of sp³-hybridized carbons (Fsp3) is 0.500. The molecule has 0 saturated carbocycles. The van der Waals surface area contributed by atoms with E-state index in [1.165, 1.54) is 0 Å². The first-order chi connectivity index (χ1) is 18.4. The minimum absolute atomic E-state index is 0.0218. The summed E-state index contributed by atoms with van der Waals surface area (Å²) >= 11 is 0. The van der Waals surface area contributed by atoms with E-state index in [1.807, 2.05) is 48.1 Å². The average Bonchev–Trinajstić information content (AvgIpc) is 3.36. The van der Waals surface area contributed by atoms with E-state index >= 15 is 0 Å². The highest BCUT2D eigenvalue weighted by atomic mass is 16.5. The van der Waals surface area contributed by atoms with Crippen molar-refractivity contribution in [2.75, 3.05) is 53.5 Å². The number of piperazine rings is 1. The molecule has 1 aromatic carbocycles. The summed E-state index contributed by atoms with van der Waals surface area (Å²) in [4.78, 5) is 38.2. The van der Waals surface area contributed by atoms with Gasteiger partial charge >= 0.3 is 0 Å². The van der Waals surface area contributed by atoms with Crippen LogP contribution in [0.4, 0.5) is 0 Å². The van der Waals surface area contributed by atoms with Gasteiger partial charge in [-0.05, 0) is 50.0 Å². The highest BCUT2D eigenvalue weighted by Crippen LogP contribution is 2.30. The average molecular weight is 520 g/mol. The lowest BCUT2D eigenvalue weighted by molar-refractivity contribution is 0.0539. The second-order valence-electron chi connectivity index (χ2n) is 10.3. The number of amides is 1. The molecule has 10 heteroatoms. The first kappa shape index (κ1) is 26.1. The summed E-state index contributed by atoms with van der Waals surface area (Å²) in [6, 6.07) is 4.24. The molecule has 5 rings (SSSR count). The molecule has 202 valence electrons. The third-order valence-electron chi connectivity index (χ3n) is 7.74. The third kappa shape index (κ3) is 4.98. The molecule has 4 heterocycles. The number of fused-ring (bicyclic) bond motifs is 3. The normalized spacial score (nSPS) is 20.2. The smallest absolute Gasteiger partial charge is 0.259 e. The number of carbonyl (C=O) groups is 1. The molecule has 2 N–H and O–H groups in total. The molecule has 2 aliphatic rings. The molecular weight excluding hydrogens is 482 g/mol. The molecule has 2 aliphatic heterocycles. The van der Waals surface area contributed by atoms with Gasteiger partial charge in [-0.1, -0.05) is 0 Å². The molecule has 3 aromatic rings. The van der Waals surface area contributed by atoms with Gasteiger partial charge in [0.1, 0.15) is 0 Å². The van der Waals surface area contributed by atoms with E-state index in [1.54, 1.807) is 13.2 Å². The van der Waals surface area contributed by atoms with Crippen LogP contribution in [0.3, 0.4) is 0 Å². The molecule has 10 nitrogen and oxygen atoms in total. The quantitative estimate of drug-likeness (QED) is 0.485. The maximum Gasteiger partial charge on any atom is 0.259 e. The Bertz CT molecular complexity index is 1450. The number of benzene rings is 1. The molecule has 1 atom stereocenters. The monoisotopic (exact) mass is 519 g/mol. The number of pyridine rings is 1. The number of aromatic nitrogens is 3. The van der Waals surface area contributed by atoms with Crippen LogP contribution in [0.2, 0.25) is 0 Å². The Labute approximate surface area is 222 Å². The number of aliphatic imine (C=N–C) groups is 1. The van der Waals surface area contributed by atoms with Crippen LogP contribution in [-0.2, 0) is 4.74 Å². The largest absolute Gasteiger partial charge is 0.394 e. The predicted molar refractivity (Wildman–Crippen MR) is 150 cm³/mol. The van der Waals surface area contributed by atoms with Gasteiger partial charge in [0, 0.05) is 82.9 Å². The lowest BCUT2D eigenvalue weighted by Gasteiger charge is -2.40. The van der Waals surface area contributed by atoms with Gasteiger partial charge in [-0.3, -0.25) is 24.2 Å². The van der Waals surface area contributed by atoms with Crippen LogP contribution in [0.5, 0.6) is 0 Å². The highest BCUT2D eigenvalue weighted by molar-refractivity contribution is 6.07. The Kier molecular flexibility index (Phi) is 7.62. The first-order valence-corrected chi connectivity index (χ1v) is 13.3. The van der Waals surface area contributed by atoms with Crippen LogP contribution < -0.4 is 10.9 Å². The van der Waals surface area contributed by atoms with Crippen LogP contribution in [0.25, 0.3) is 21.8 Å². The summed E-state index contributed by atoms with van der Waals surface area (Å²) in [6.07, 6.45) is 7.17. The summed E-state index contributed by atoms with van der Waals surface area (Å²) in [6.45, 7) is 8.31. The Morgan fingerprint density at radius 1 is 1.26 bits per heavy atom. The van der Waals surface area contributed by atoms with Crippen molar-refractivity contribution in [2.24, 2.45) is 4.99 Å². The van der Waals surface area contributed by atoms with Crippen LogP contribution in [0.15, 0.2) is 39.9 Å². The summed E-state index contributed by atoms with van der Waals surface area (Å²) in [7, 11) is 3.66. The molecule has 2 fully saturated rings. The lowest BCUT2D eigenvalue weighted by atomic mass is 10.0. The minimum Gasteiger partial charge on any atom is -0.394 e. The van der Waals surface area contributed by atoms with Crippen molar-refractivity contribution in [3.8, 4) is 0 Å². The Morgan fingerprint density at radius 2 is 2.05 bits per heavy atom. The van der Waals surface area contributed by atoms with E-state index in [0.717, 1.165) is 53.5 Å². The molecule has 1 amide bonds. The van der Waals surface area contributed by atoms with E-state index < -0.39 is 0 Å². The van der Waals surface area contributed by atoms with Crippen molar-refractivity contribution in [1.29, 1.82) is 0 Å². The van der Waals surface area contributed by atoms with Crippen molar-refractivity contribution in [2.45, 2.75) is 38.8 Å². The zero-order valence-corrected chi connectivity index (χ0v) is 22.7. The van der Waals surface area contributed by atoms with E-state index in [4.69, 9.17) is 4.74 Å². The molecule has 0 aliphatic carbocycles. The second-order valence-corrected chi connectivity index (χ2v) is 10.3. The number of carbonyl (C=O) groups excluding carboxylic acids is 1. The van der Waals surface area contributed by atoms with Crippen LogP contribution in [0.1, 0.15) is 41.7 Å². The molecule has 0 radical (unpaired) electrons. The van der Waals surface area contributed by atoms with Gasteiger partial charge in [-0.2, -0.15) is 5.10 Å². The van der Waals surface area contributed by atoms with Crippen LogP contribution in [-0.4, -0.2) is 96.2 Å². The summed E-state index contributed by atoms with van der Waals surface area (Å²) in [5.74, 6) is 0.0218. The van der Waals surface area contributed by atoms with Gasteiger partial charge in [0.2, 0.25) is 0 Å². The number of nitrogens with one attached hydrogen (secondary N) is 2. The molecule has 0 spiro atoms. The number of hydrogen-bond acceptors (Lipinski definition) is 7. The molecule has 0 unspecified atom stereocenters. The van der Waals surface area contributed by atoms with Crippen LogP contribution >= 0.6 is 0 Å². The number of hydrogen-bond donors (Lipinski definition) is 2. The zero-order chi connectivity index (χ0) is 26.8. The Balaban J connectivity index is 1.45. The van der Waals surface area contributed by atoms with E-state index in [-0.39, 0.29) is 23.6 Å². The van der Waals surface area contributed by atoms with E-state index in [2.05, 4.69) is 32.2 Å². The molecule has 2 aromatic heterocycles. The van der Waals surface area contributed by atoms with Crippen molar-refractivity contribution < 1.29 is 9.53 Å². The van der Waals surface area contributed by atoms with Crippen molar-refractivity contribution in [1.82, 2.24) is 29.9 Å². The Hall–Kier alpha value is -3.50. The molecule has 38 heavy (non-hydrogen) atoms. The summed E-state index contributed by atoms with van der Waals surface area (Å²) in [5, 5.41) is 9.10. The summed E-state index contributed by atoms with van der Waals surface area (Å²) in [5.41, 5.74) is 3.98. The number of aromatic amines is 1. The fourth-order valence-corrected chi connectivity index (χ4v) is 5.73. The van der Waals surface area contributed by atoms with Gasteiger partial charge in [0.15, 0.2) is 0 Å². The second kappa shape index (κ2) is 11.1. The van der Waals surface area contributed by atoms with Gasteiger partial charge in [0.25, 0.3) is 11.5 Å². The molecule has 2 saturated heterocycles. The number of ether oxygens (including phenoxy) is 1. The first-order valence-electron chi connectivity index (χ1n) is 13.3. The molecule has 0 bridgehead atoms. The number of aryl methyl sites for hydroxylation is 1. The SMILES string of the molecule is CN=C/C(=C\NC)CN1CCN(C(=O)c2cc3c(cc2C)[nH]c(=O)c2cnn(C4CCOCC4)c23)C[C@@H]1C. The van der Waals surface area contributed by atoms with Crippen molar-refractivity contribution in [3.63, 3.8) is 0 Å². The Morgan fingerprint density at radius 3 is 2.76 bits per heavy atom. The lowest BCUT2D eigenvalue weighted by Crippen LogP contribution is -2.54. The van der Waals surface area contributed by atoms with Gasteiger partial charge in [-0.15, -0.1) is 0 Å².